The van der Waals surface area contributed by atoms with E-state index >= 15 is 0 Å². The molecule has 0 spiro atoms. The van der Waals surface area contributed by atoms with Gasteiger partial charge in [-0.15, -0.1) is 0 Å². The lowest BCUT2D eigenvalue weighted by atomic mass is 10.0. The van der Waals surface area contributed by atoms with Crippen LogP contribution in [-0.4, -0.2) is 74.9 Å². The summed E-state index contributed by atoms with van der Waals surface area (Å²) in [6.07, 6.45) is 57.4. The first-order chi connectivity index (χ1) is 33.0. The van der Waals surface area contributed by atoms with Gasteiger partial charge in [0.2, 0.25) is 0 Å². The predicted octanol–water partition coefficient (Wildman–Crippen LogP) is 18.3. The van der Waals surface area contributed by atoms with Crippen LogP contribution in [0.15, 0.2) is 0 Å². The SMILES string of the molecule is CCCCCCCCCCCCCCCCCCCCCCCCCCC(=O)OC(COC(=O)CCCCCCCCCCCCCCCCCCCCCC)COP(=O)(O)OCC[N+](C)(C)C. The van der Waals surface area contributed by atoms with E-state index in [2.05, 4.69) is 13.8 Å². The molecule has 0 radical (unpaired) electrons. The first-order valence-corrected chi connectivity index (χ1v) is 31.3. The summed E-state index contributed by atoms with van der Waals surface area (Å²) in [5.41, 5.74) is 0. The average molecular weight is 988 g/mol. The van der Waals surface area contributed by atoms with Gasteiger partial charge in [0, 0.05) is 12.8 Å². The van der Waals surface area contributed by atoms with Crippen molar-refractivity contribution in [2.24, 2.45) is 0 Å². The summed E-state index contributed by atoms with van der Waals surface area (Å²) in [6, 6.07) is 0. The molecule has 0 heterocycles. The van der Waals surface area contributed by atoms with Crippen molar-refractivity contribution >= 4 is 19.8 Å². The van der Waals surface area contributed by atoms with Gasteiger partial charge in [-0.05, 0) is 12.8 Å². The zero-order valence-corrected chi connectivity index (χ0v) is 47.0. The van der Waals surface area contributed by atoms with E-state index in [0.717, 1.165) is 38.5 Å². The second kappa shape index (κ2) is 50.9. The molecule has 9 nitrogen and oxygen atoms in total. The van der Waals surface area contributed by atoms with Crippen LogP contribution in [0, 0.1) is 0 Å². The molecule has 68 heavy (non-hydrogen) atoms. The highest BCUT2D eigenvalue weighted by Crippen LogP contribution is 2.43. The molecule has 0 fully saturated rings. The maximum Gasteiger partial charge on any atom is 0.472 e. The number of nitrogens with zero attached hydrogens (tertiary/aromatic N) is 1. The highest BCUT2D eigenvalue weighted by Gasteiger charge is 2.27. The van der Waals surface area contributed by atoms with E-state index in [1.165, 1.54) is 244 Å². The number of quaternary nitrogens is 1. The molecule has 0 bridgehead atoms. The van der Waals surface area contributed by atoms with E-state index in [4.69, 9.17) is 18.5 Å². The largest absolute Gasteiger partial charge is 0.472 e. The van der Waals surface area contributed by atoms with Crippen LogP contribution in [0.2, 0.25) is 0 Å². The summed E-state index contributed by atoms with van der Waals surface area (Å²) < 4.78 is 34.6. The molecule has 0 saturated heterocycles. The third-order valence-corrected chi connectivity index (χ3v) is 14.6. The Kier molecular flexibility index (Phi) is 50.2. The lowest BCUT2D eigenvalue weighted by Crippen LogP contribution is -2.37. The summed E-state index contributed by atoms with van der Waals surface area (Å²) in [5, 5.41) is 0. The van der Waals surface area contributed by atoms with Crippen molar-refractivity contribution in [3.8, 4) is 0 Å². The molecule has 0 amide bonds. The summed E-state index contributed by atoms with van der Waals surface area (Å²) in [4.78, 5) is 35.7. The van der Waals surface area contributed by atoms with Crippen molar-refractivity contribution in [1.29, 1.82) is 0 Å². The van der Waals surface area contributed by atoms with Crippen LogP contribution in [0.25, 0.3) is 0 Å². The Morgan fingerprint density at radius 1 is 0.397 bits per heavy atom. The number of phosphoric ester groups is 1. The van der Waals surface area contributed by atoms with E-state index in [1.54, 1.807) is 0 Å². The fourth-order valence-corrected chi connectivity index (χ4v) is 9.76. The van der Waals surface area contributed by atoms with Gasteiger partial charge in [-0.25, -0.2) is 4.57 Å². The minimum Gasteiger partial charge on any atom is -0.462 e. The van der Waals surface area contributed by atoms with Gasteiger partial charge in [0.05, 0.1) is 27.7 Å². The van der Waals surface area contributed by atoms with Gasteiger partial charge in [-0.2, -0.15) is 0 Å². The first-order valence-electron chi connectivity index (χ1n) is 29.8. The van der Waals surface area contributed by atoms with Crippen LogP contribution in [-0.2, 0) is 32.7 Å². The zero-order valence-electron chi connectivity index (χ0n) is 46.1. The van der Waals surface area contributed by atoms with Gasteiger partial charge in [0.25, 0.3) is 0 Å². The molecule has 0 aromatic rings. The fourth-order valence-electron chi connectivity index (χ4n) is 9.02. The van der Waals surface area contributed by atoms with E-state index in [-0.39, 0.29) is 25.6 Å². The quantitative estimate of drug-likeness (QED) is 0.0278. The summed E-state index contributed by atoms with van der Waals surface area (Å²) in [6.45, 7) is 4.51. The normalized spacial score (nSPS) is 13.2. The summed E-state index contributed by atoms with van der Waals surface area (Å²) >= 11 is 0. The van der Waals surface area contributed by atoms with Crippen molar-refractivity contribution in [3.05, 3.63) is 0 Å². The van der Waals surface area contributed by atoms with Crippen LogP contribution in [0.5, 0.6) is 0 Å². The second-order valence-corrected chi connectivity index (χ2v) is 23.2. The van der Waals surface area contributed by atoms with Crippen molar-refractivity contribution in [2.75, 3.05) is 47.5 Å². The lowest BCUT2D eigenvalue weighted by molar-refractivity contribution is -0.870. The van der Waals surface area contributed by atoms with Crippen molar-refractivity contribution < 1.29 is 42.1 Å². The highest BCUT2D eigenvalue weighted by molar-refractivity contribution is 7.47. The first kappa shape index (κ1) is 67.0. The number of carbonyl (C=O) groups is 2. The van der Waals surface area contributed by atoms with Crippen LogP contribution < -0.4 is 0 Å². The molecule has 406 valence electrons. The third kappa shape index (κ3) is 54.3. The Hall–Kier alpha value is -0.990. The molecule has 0 aromatic carbocycles. The Morgan fingerprint density at radius 2 is 0.662 bits per heavy atom. The van der Waals surface area contributed by atoms with Gasteiger partial charge in [-0.1, -0.05) is 284 Å². The number of hydrogen-bond donors (Lipinski definition) is 1. The molecule has 2 unspecified atom stereocenters. The van der Waals surface area contributed by atoms with Crippen LogP contribution in [0.4, 0.5) is 0 Å². The van der Waals surface area contributed by atoms with E-state index < -0.39 is 26.5 Å². The summed E-state index contributed by atoms with van der Waals surface area (Å²) in [7, 11) is 1.50. The fraction of sp³-hybridized carbons (Fsp3) is 0.966. The van der Waals surface area contributed by atoms with Crippen molar-refractivity contribution in [1.82, 2.24) is 0 Å². The minimum atomic E-state index is -4.38. The molecule has 0 saturated carbocycles. The van der Waals surface area contributed by atoms with Gasteiger partial charge >= 0.3 is 19.8 Å². The van der Waals surface area contributed by atoms with Gasteiger partial charge in [-0.3, -0.25) is 18.6 Å². The van der Waals surface area contributed by atoms with Gasteiger partial charge in [0.15, 0.2) is 6.10 Å². The maximum absolute atomic E-state index is 12.8. The third-order valence-electron chi connectivity index (χ3n) is 13.6. The highest BCUT2D eigenvalue weighted by atomic mass is 31.2. The van der Waals surface area contributed by atoms with Crippen LogP contribution >= 0.6 is 7.82 Å². The zero-order chi connectivity index (χ0) is 49.9. The Morgan fingerprint density at radius 3 is 0.941 bits per heavy atom. The van der Waals surface area contributed by atoms with Crippen molar-refractivity contribution in [2.45, 2.75) is 315 Å². The molecule has 1 N–H and O–H groups in total. The van der Waals surface area contributed by atoms with E-state index in [1.807, 2.05) is 21.1 Å². The number of rotatable bonds is 56. The Balaban J connectivity index is 4.09. The molecule has 0 rings (SSSR count). The standard InChI is InChI=1S/C58H116NO8P/c1-6-8-10-12-14-16-18-20-22-24-26-28-29-30-31-33-35-37-39-41-43-45-47-49-51-58(61)67-56(55-66-68(62,63)65-53-52-59(3,4)5)54-64-57(60)50-48-46-44-42-40-38-36-34-32-27-25-23-21-19-17-15-13-11-9-7-2/h56H,6-55H2,1-5H3/p+1. The molecule has 0 aromatic heterocycles. The summed E-state index contributed by atoms with van der Waals surface area (Å²) in [5.74, 6) is -0.772. The van der Waals surface area contributed by atoms with Gasteiger partial charge in [0.1, 0.15) is 19.8 Å². The number of esters is 2. The lowest BCUT2D eigenvalue weighted by Gasteiger charge is -2.24. The number of likely N-dealkylation sites (N-methyl/N-ethyl adjacent to an activating group) is 1. The Bertz CT molecular complexity index is 1120. The van der Waals surface area contributed by atoms with Crippen LogP contribution in [0.3, 0.4) is 0 Å². The van der Waals surface area contributed by atoms with Crippen molar-refractivity contribution in [3.63, 3.8) is 0 Å². The smallest absolute Gasteiger partial charge is 0.462 e. The van der Waals surface area contributed by atoms with Gasteiger partial charge < -0.3 is 18.9 Å². The molecule has 0 aliphatic heterocycles. The number of hydrogen-bond acceptors (Lipinski definition) is 7. The van der Waals surface area contributed by atoms with E-state index in [9.17, 15) is 19.0 Å². The molecular formula is C58H117NO8P+. The molecule has 0 aliphatic rings. The number of carbonyl (C=O) groups excluding carboxylic acids is 2. The number of unbranched alkanes of at least 4 members (excludes halogenated alkanes) is 42. The Labute approximate surface area is 423 Å². The predicted molar refractivity (Wildman–Crippen MR) is 289 cm³/mol. The second-order valence-electron chi connectivity index (χ2n) is 21.8. The van der Waals surface area contributed by atoms with E-state index in [0.29, 0.717) is 17.4 Å². The molecule has 10 heteroatoms. The average Bonchev–Trinajstić information content (AvgIpc) is 3.30. The topological polar surface area (TPSA) is 108 Å². The van der Waals surface area contributed by atoms with Crippen LogP contribution in [0.1, 0.15) is 309 Å². The molecule has 0 aliphatic carbocycles. The minimum absolute atomic E-state index is 0.0375. The monoisotopic (exact) mass is 987 g/mol. The molecular weight excluding hydrogens is 870 g/mol. The molecule has 2 atom stereocenters. The maximum atomic E-state index is 12.8. The number of phosphoric acid groups is 1. The number of ether oxygens (including phenoxy) is 2.